The molecular weight excluding hydrogens is 220 g/mol. The molecule has 0 saturated heterocycles. The van der Waals surface area contributed by atoms with E-state index < -0.39 is 0 Å². The van der Waals surface area contributed by atoms with Gasteiger partial charge in [0.05, 0.1) is 0 Å². The van der Waals surface area contributed by atoms with Gasteiger partial charge in [-0.25, -0.2) is 0 Å². The van der Waals surface area contributed by atoms with Crippen molar-refractivity contribution in [3.05, 3.63) is 0 Å². The standard InChI is InChI=1S/C16H32N2/c1-4-5-12-18(14-8-9-14)16(13-17)11-7-6-10-15(16,2)3/h14H,4-13,17H2,1-3H3. The summed E-state index contributed by atoms with van der Waals surface area (Å²) < 4.78 is 0. The Bertz CT molecular complexity index is 270. The average Bonchev–Trinajstić information content (AvgIpc) is 3.15. The van der Waals surface area contributed by atoms with E-state index in [9.17, 15) is 0 Å². The minimum Gasteiger partial charge on any atom is -0.329 e. The molecule has 0 amide bonds. The maximum absolute atomic E-state index is 6.31. The first kappa shape index (κ1) is 14.3. The van der Waals surface area contributed by atoms with Crippen molar-refractivity contribution in [2.75, 3.05) is 13.1 Å². The van der Waals surface area contributed by atoms with E-state index in [0.717, 1.165) is 12.6 Å². The van der Waals surface area contributed by atoms with Gasteiger partial charge in [0.1, 0.15) is 0 Å². The molecule has 0 aromatic carbocycles. The van der Waals surface area contributed by atoms with Crippen LogP contribution in [0.25, 0.3) is 0 Å². The van der Waals surface area contributed by atoms with Crippen molar-refractivity contribution in [3.8, 4) is 0 Å². The van der Waals surface area contributed by atoms with Crippen LogP contribution in [0.5, 0.6) is 0 Å². The van der Waals surface area contributed by atoms with Crippen LogP contribution in [0, 0.1) is 5.41 Å². The van der Waals surface area contributed by atoms with Gasteiger partial charge < -0.3 is 5.73 Å². The number of unbranched alkanes of at least 4 members (excludes halogenated alkanes) is 1. The Morgan fingerprint density at radius 1 is 1.17 bits per heavy atom. The third kappa shape index (κ3) is 2.46. The quantitative estimate of drug-likeness (QED) is 0.783. The molecule has 2 aliphatic carbocycles. The Hall–Kier alpha value is -0.0800. The fourth-order valence-corrected chi connectivity index (χ4v) is 4.04. The Labute approximate surface area is 113 Å². The van der Waals surface area contributed by atoms with E-state index in [-0.39, 0.29) is 5.54 Å². The lowest BCUT2D eigenvalue weighted by atomic mass is 9.62. The summed E-state index contributed by atoms with van der Waals surface area (Å²) in [4.78, 5) is 2.83. The summed E-state index contributed by atoms with van der Waals surface area (Å²) in [7, 11) is 0. The highest BCUT2D eigenvalue weighted by atomic mass is 15.3. The minimum atomic E-state index is 0.279. The highest BCUT2D eigenvalue weighted by molar-refractivity contribution is 5.08. The lowest BCUT2D eigenvalue weighted by molar-refractivity contribution is -0.0500. The zero-order chi connectivity index (χ0) is 13.2. The van der Waals surface area contributed by atoms with Crippen molar-refractivity contribution in [2.45, 2.75) is 83.7 Å². The molecule has 0 spiro atoms. The maximum Gasteiger partial charge on any atom is 0.0385 e. The molecule has 1 unspecified atom stereocenters. The Morgan fingerprint density at radius 2 is 1.83 bits per heavy atom. The molecule has 2 N–H and O–H groups in total. The van der Waals surface area contributed by atoms with Gasteiger partial charge in [0.25, 0.3) is 0 Å². The first-order chi connectivity index (χ1) is 8.57. The lowest BCUT2D eigenvalue weighted by Crippen LogP contribution is -2.64. The van der Waals surface area contributed by atoms with E-state index in [0.29, 0.717) is 5.41 Å². The molecule has 0 heterocycles. The molecule has 0 bridgehead atoms. The first-order valence-corrected chi connectivity index (χ1v) is 8.04. The smallest absolute Gasteiger partial charge is 0.0385 e. The van der Waals surface area contributed by atoms with E-state index in [1.165, 1.54) is 57.9 Å². The van der Waals surface area contributed by atoms with Gasteiger partial charge in [0.15, 0.2) is 0 Å². The third-order valence-corrected chi connectivity index (χ3v) is 5.53. The molecule has 0 aromatic heterocycles. The highest BCUT2D eigenvalue weighted by Crippen LogP contribution is 2.50. The van der Waals surface area contributed by atoms with Gasteiger partial charge in [0, 0.05) is 18.1 Å². The van der Waals surface area contributed by atoms with E-state index in [2.05, 4.69) is 25.7 Å². The van der Waals surface area contributed by atoms with Crippen molar-refractivity contribution in [2.24, 2.45) is 11.1 Å². The van der Waals surface area contributed by atoms with Crippen LogP contribution in [0.2, 0.25) is 0 Å². The monoisotopic (exact) mass is 252 g/mol. The molecule has 0 radical (unpaired) electrons. The molecule has 106 valence electrons. The van der Waals surface area contributed by atoms with Crippen molar-refractivity contribution in [3.63, 3.8) is 0 Å². The van der Waals surface area contributed by atoms with E-state index in [4.69, 9.17) is 5.73 Å². The van der Waals surface area contributed by atoms with Crippen molar-refractivity contribution >= 4 is 0 Å². The second kappa shape index (κ2) is 5.50. The molecule has 18 heavy (non-hydrogen) atoms. The second-order valence-corrected chi connectivity index (χ2v) is 7.10. The number of rotatable bonds is 6. The molecule has 2 aliphatic rings. The molecule has 2 rings (SSSR count). The van der Waals surface area contributed by atoms with Crippen molar-refractivity contribution in [1.82, 2.24) is 4.90 Å². The highest BCUT2D eigenvalue weighted by Gasteiger charge is 2.52. The van der Waals surface area contributed by atoms with Crippen LogP contribution in [0.4, 0.5) is 0 Å². The summed E-state index contributed by atoms with van der Waals surface area (Å²) >= 11 is 0. The lowest BCUT2D eigenvalue weighted by Gasteiger charge is -2.56. The van der Waals surface area contributed by atoms with Crippen LogP contribution >= 0.6 is 0 Å². The van der Waals surface area contributed by atoms with Crippen LogP contribution in [0.1, 0.15) is 72.1 Å². The summed E-state index contributed by atoms with van der Waals surface area (Å²) in [6.07, 6.45) is 10.9. The molecule has 2 nitrogen and oxygen atoms in total. The van der Waals surface area contributed by atoms with Crippen LogP contribution < -0.4 is 5.73 Å². The average molecular weight is 252 g/mol. The summed E-state index contributed by atoms with van der Waals surface area (Å²) in [5, 5.41) is 0. The Morgan fingerprint density at radius 3 is 2.33 bits per heavy atom. The summed E-state index contributed by atoms with van der Waals surface area (Å²) in [5.74, 6) is 0. The summed E-state index contributed by atoms with van der Waals surface area (Å²) in [5.41, 5.74) is 6.97. The van der Waals surface area contributed by atoms with E-state index in [1.807, 2.05) is 0 Å². The normalized spacial score (nSPS) is 31.8. The summed E-state index contributed by atoms with van der Waals surface area (Å²) in [6, 6.07) is 0.845. The predicted octanol–water partition coefficient (Wildman–Crippen LogP) is 3.55. The minimum absolute atomic E-state index is 0.279. The number of hydrogen-bond acceptors (Lipinski definition) is 2. The molecule has 2 heteroatoms. The fraction of sp³-hybridized carbons (Fsp3) is 1.00. The third-order valence-electron chi connectivity index (χ3n) is 5.53. The number of nitrogens with zero attached hydrogens (tertiary/aromatic N) is 1. The van der Waals surface area contributed by atoms with Crippen molar-refractivity contribution in [1.29, 1.82) is 0 Å². The van der Waals surface area contributed by atoms with Gasteiger partial charge in [-0.15, -0.1) is 0 Å². The van der Waals surface area contributed by atoms with Crippen LogP contribution in [0.15, 0.2) is 0 Å². The van der Waals surface area contributed by atoms with Gasteiger partial charge in [-0.2, -0.15) is 0 Å². The van der Waals surface area contributed by atoms with Gasteiger partial charge in [-0.05, 0) is 44.1 Å². The first-order valence-electron chi connectivity index (χ1n) is 8.04. The number of hydrogen-bond donors (Lipinski definition) is 1. The van der Waals surface area contributed by atoms with Gasteiger partial charge in [-0.1, -0.05) is 40.0 Å². The maximum atomic E-state index is 6.31. The van der Waals surface area contributed by atoms with Crippen molar-refractivity contribution < 1.29 is 0 Å². The van der Waals surface area contributed by atoms with Crippen LogP contribution in [-0.2, 0) is 0 Å². The molecule has 2 fully saturated rings. The fourth-order valence-electron chi connectivity index (χ4n) is 4.04. The van der Waals surface area contributed by atoms with Crippen LogP contribution in [-0.4, -0.2) is 29.6 Å². The molecule has 2 saturated carbocycles. The topological polar surface area (TPSA) is 29.3 Å². The van der Waals surface area contributed by atoms with E-state index >= 15 is 0 Å². The SMILES string of the molecule is CCCCN(C1CC1)C1(CN)CCCCC1(C)C. The van der Waals surface area contributed by atoms with Crippen LogP contribution in [0.3, 0.4) is 0 Å². The molecular formula is C16H32N2. The van der Waals surface area contributed by atoms with Gasteiger partial charge >= 0.3 is 0 Å². The Balaban J connectivity index is 2.21. The van der Waals surface area contributed by atoms with E-state index in [1.54, 1.807) is 0 Å². The Kier molecular flexibility index (Phi) is 4.38. The molecule has 0 aromatic rings. The summed E-state index contributed by atoms with van der Waals surface area (Å²) in [6.45, 7) is 9.33. The zero-order valence-corrected chi connectivity index (χ0v) is 12.7. The second-order valence-electron chi connectivity index (χ2n) is 7.10. The molecule has 1 atom stereocenters. The van der Waals surface area contributed by atoms with Gasteiger partial charge in [-0.3, -0.25) is 4.90 Å². The predicted molar refractivity (Wildman–Crippen MR) is 78.7 cm³/mol. The number of nitrogens with two attached hydrogens (primary N) is 1. The zero-order valence-electron chi connectivity index (χ0n) is 12.7. The van der Waals surface area contributed by atoms with Gasteiger partial charge in [0.2, 0.25) is 0 Å². The molecule has 0 aliphatic heterocycles. The largest absolute Gasteiger partial charge is 0.329 e.